The molecule has 1 amide bonds. The van der Waals surface area contributed by atoms with E-state index in [1.165, 1.54) is 7.11 Å². The van der Waals surface area contributed by atoms with E-state index in [9.17, 15) is 9.59 Å². The number of carbonyl (C=O) groups is 2. The van der Waals surface area contributed by atoms with Gasteiger partial charge in [0.1, 0.15) is 0 Å². The highest BCUT2D eigenvalue weighted by atomic mass is 16.5. The van der Waals surface area contributed by atoms with E-state index in [2.05, 4.69) is 10.1 Å². The van der Waals surface area contributed by atoms with E-state index in [4.69, 9.17) is 0 Å². The number of allylic oxidation sites excluding steroid dienone is 2. The summed E-state index contributed by atoms with van der Waals surface area (Å²) in [6, 6.07) is 7.39. The summed E-state index contributed by atoms with van der Waals surface area (Å²) in [6.45, 7) is 0. The molecule has 0 aromatic heterocycles. The minimum atomic E-state index is -0.492. The third kappa shape index (κ3) is 2.72. The molecule has 4 heteroatoms. The number of benzene rings is 1. The summed E-state index contributed by atoms with van der Waals surface area (Å²) in [6.07, 6.45) is 3.56. The van der Waals surface area contributed by atoms with Gasteiger partial charge in [-0.15, -0.1) is 0 Å². The van der Waals surface area contributed by atoms with E-state index in [1.54, 1.807) is 18.2 Å². The molecule has 1 aliphatic carbocycles. The maximum absolute atomic E-state index is 11.1. The largest absolute Gasteiger partial charge is 0.453 e. The van der Waals surface area contributed by atoms with Crippen LogP contribution < -0.4 is 5.32 Å². The monoisotopic (exact) mass is 231 g/mol. The van der Waals surface area contributed by atoms with Crippen LogP contribution in [0.3, 0.4) is 0 Å². The molecule has 88 valence electrons. The Morgan fingerprint density at radius 1 is 1.35 bits per heavy atom. The number of hydrogen-bond acceptors (Lipinski definition) is 3. The van der Waals surface area contributed by atoms with Crippen molar-refractivity contribution in [1.82, 2.24) is 0 Å². The molecule has 1 aliphatic rings. The third-order valence-electron chi connectivity index (χ3n) is 2.71. The number of hydrogen-bond donors (Lipinski definition) is 1. The summed E-state index contributed by atoms with van der Waals surface area (Å²) < 4.78 is 4.49. The number of ether oxygens (including phenoxy) is 1. The lowest BCUT2D eigenvalue weighted by atomic mass is 9.98. The van der Waals surface area contributed by atoms with E-state index in [0.29, 0.717) is 12.1 Å². The molecule has 0 fully saturated rings. The summed E-state index contributed by atoms with van der Waals surface area (Å²) in [7, 11) is 1.32. The summed E-state index contributed by atoms with van der Waals surface area (Å²) in [4.78, 5) is 22.1. The van der Waals surface area contributed by atoms with Crippen LogP contribution in [0.15, 0.2) is 36.4 Å². The van der Waals surface area contributed by atoms with Gasteiger partial charge in [0.25, 0.3) is 0 Å². The van der Waals surface area contributed by atoms with Crippen molar-refractivity contribution >= 4 is 17.6 Å². The van der Waals surface area contributed by atoms with Crippen molar-refractivity contribution in [3.63, 3.8) is 0 Å². The second-order valence-electron chi connectivity index (χ2n) is 3.87. The van der Waals surface area contributed by atoms with Crippen molar-refractivity contribution in [1.29, 1.82) is 0 Å². The minimum Gasteiger partial charge on any atom is -0.453 e. The van der Waals surface area contributed by atoms with Crippen LogP contribution in [0, 0.1) is 0 Å². The Kier molecular flexibility index (Phi) is 3.23. The van der Waals surface area contributed by atoms with Crippen LogP contribution in [-0.4, -0.2) is 19.0 Å². The van der Waals surface area contributed by atoms with Gasteiger partial charge in [-0.2, -0.15) is 0 Å². The Morgan fingerprint density at radius 3 is 2.59 bits per heavy atom. The van der Waals surface area contributed by atoms with Crippen molar-refractivity contribution in [2.45, 2.75) is 12.3 Å². The zero-order valence-corrected chi connectivity index (χ0v) is 9.47. The number of rotatable bonds is 2. The number of ketones is 1. The molecule has 1 atom stereocenters. The lowest BCUT2D eigenvalue weighted by Gasteiger charge is -2.08. The normalized spacial score (nSPS) is 18.2. The average Bonchev–Trinajstić information content (AvgIpc) is 2.77. The second kappa shape index (κ2) is 4.82. The number of nitrogens with one attached hydrogen (secondary N) is 1. The molecular formula is C13H13NO3. The highest BCUT2D eigenvalue weighted by Gasteiger charge is 2.17. The van der Waals surface area contributed by atoms with Gasteiger partial charge in [0.05, 0.1) is 7.11 Å². The fourth-order valence-electron chi connectivity index (χ4n) is 1.79. The molecule has 0 radical (unpaired) electrons. The molecule has 0 unspecified atom stereocenters. The van der Waals surface area contributed by atoms with Crippen molar-refractivity contribution in [2.75, 3.05) is 12.4 Å². The van der Waals surface area contributed by atoms with Gasteiger partial charge in [-0.1, -0.05) is 18.2 Å². The Labute approximate surface area is 99.3 Å². The molecule has 0 spiro atoms. The first-order chi connectivity index (χ1) is 8.19. The molecule has 0 saturated heterocycles. The van der Waals surface area contributed by atoms with Crippen molar-refractivity contribution < 1.29 is 14.3 Å². The lowest BCUT2D eigenvalue weighted by Crippen LogP contribution is -2.10. The Balaban J connectivity index is 2.05. The summed E-state index contributed by atoms with van der Waals surface area (Å²) in [5.74, 6) is 0.321. The molecule has 0 saturated carbocycles. The second-order valence-corrected chi connectivity index (χ2v) is 3.87. The zero-order chi connectivity index (χ0) is 12.3. The third-order valence-corrected chi connectivity index (χ3v) is 2.71. The Morgan fingerprint density at radius 2 is 2.06 bits per heavy atom. The zero-order valence-electron chi connectivity index (χ0n) is 9.47. The van der Waals surface area contributed by atoms with Gasteiger partial charge < -0.3 is 4.74 Å². The van der Waals surface area contributed by atoms with Gasteiger partial charge >= 0.3 is 6.09 Å². The fourth-order valence-corrected chi connectivity index (χ4v) is 1.79. The van der Waals surface area contributed by atoms with Gasteiger partial charge in [-0.25, -0.2) is 4.79 Å². The van der Waals surface area contributed by atoms with Gasteiger partial charge in [0.15, 0.2) is 5.78 Å². The number of anilines is 1. The maximum Gasteiger partial charge on any atom is 0.411 e. The smallest absolute Gasteiger partial charge is 0.411 e. The summed E-state index contributed by atoms with van der Waals surface area (Å²) in [5.41, 5.74) is 1.75. The molecule has 1 aromatic carbocycles. The van der Waals surface area contributed by atoms with Gasteiger partial charge in [-0.05, 0) is 23.8 Å². The van der Waals surface area contributed by atoms with Crippen LogP contribution in [0.2, 0.25) is 0 Å². The van der Waals surface area contributed by atoms with Crippen LogP contribution in [0.25, 0.3) is 0 Å². The van der Waals surface area contributed by atoms with E-state index in [0.717, 1.165) is 5.56 Å². The predicted octanol–water partition coefficient (Wildman–Crippen LogP) is 2.48. The molecule has 4 nitrogen and oxygen atoms in total. The molecule has 1 N–H and O–H groups in total. The summed E-state index contributed by atoms with van der Waals surface area (Å²) in [5, 5.41) is 2.57. The summed E-state index contributed by atoms with van der Waals surface area (Å²) >= 11 is 0. The number of methoxy groups -OCH3 is 1. The molecule has 0 bridgehead atoms. The molecule has 0 heterocycles. The van der Waals surface area contributed by atoms with Crippen LogP contribution in [0.4, 0.5) is 10.5 Å². The SMILES string of the molecule is COC(=O)Nc1ccc([C@H]2C=CC(=O)C2)cc1. The number of amides is 1. The van der Waals surface area contributed by atoms with Crippen molar-refractivity contribution in [2.24, 2.45) is 0 Å². The van der Waals surface area contributed by atoms with E-state index >= 15 is 0 Å². The first kappa shape index (κ1) is 11.4. The molecule has 0 aliphatic heterocycles. The maximum atomic E-state index is 11.1. The highest BCUT2D eigenvalue weighted by molar-refractivity contribution is 5.93. The molecule has 2 rings (SSSR count). The van der Waals surface area contributed by atoms with Gasteiger partial charge in [0, 0.05) is 18.0 Å². The topological polar surface area (TPSA) is 55.4 Å². The van der Waals surface area contributed by atoms with Crippen LogP contribution >= 0.6 is 0 Å². The van der Waals surface area contributed by atoms with Gasteiger partial charge in [-0.3, -0.25) is 10.1 Å². The average molecular weight is 231 g/mol. The Hall–Kier alpha value is -2.10. The first-order valence-electron chi connectivity index (χ1n) is 5.35. The van der Waals surface area contributed by atoms with Crippen molar-refractivity contribution in [3.05, 3.63) is 42.0 Å². The van der Waals surface area contributed by atoms with Crippen LogP contribution in [0.5, 0.6) is 0 Å². The molecular weight excluding hydrogens is 218 g/mol. The molecule has 17 heavy (non-hydrogen) atoms. The van der Waals surface area contributed by atoms with Crippen LogP contribution in [-0.2, 0) is 9.53 Å². The molecule has 1 aromatic rings. The fraction of sp³-hybridized carbons (Fsp3) is 0.231. The lowest BCUT2D eigenvalue weighted by molar-refractivity contribution is -0.114. The van der Waals surface area contributed by atoms with Crippen LogP contribution in [0.1, 0.15) is 17.9 Å². The van der Waals surface area contributed by atoms with E-state index in [1.807, 2.05) is 18.2 Å². The highest BCUT2D eigenvalue weighted by Crippen LogP contribution is 2.27. The minimum absolute atomic E-state index is 0.159. The predicted molar refractivity (Wildman–Crippen MR) is 64.0 cm³/mol. The Bertz CT molecular complexity index is 462. The number of carbonyl (C=O) groups excluding carboxylic acids is 2. The standard InChI is InChI=1S/C13H13NO3/c1-17-13(16)14-11-5-2-9(3-6-11)10-4-7-12(15)8-10/h2-7,10H,8H2,1H3,(H,14,16)/t10-/m0/s1. The van der Waals surface area contributed by atoms with E-state index in [-0.39, 0.29) is 11.7 Å². The van der Waals surface area contributed by atoms with Crippen molar-refractivity contribution in [3.8, 4) is 0 Å². The quantitative estimate of drug-likeness (QED) is 0.850. The van der Waals surface area contributed by atoms with E-state index < -0.39 is 6.09 Å². The first-order valence-corrected chi connectivity index (χ1v) is 5.35. The van der Waals surface area contributed by atoms with Gasteiger partial charge in [0.2, 0.25) is 0 Å².